The maximum Gasteiger partial charge on any atom is 0.0387 e. The summed E-state index contributed by atoms with van der Waals surface area (Å²) in [7, 11) is 0. The van der Waals surface area contributed by atoms with E-state index in [2.05, 4.69) is 15.9 Å². The molecule has 0 atom stereocenters. The first kappa shape index (κ1) is 6.51. The molecule has 0 nitrogen and oxygen atoms in total. The molecule has 6 heavy (non-hydrogen) atoms. The van der Waals surface area contributed by atoms with E-state index in [1.165, 1.54) is 0 Å². The van der Waals surface area contributed by atoms with E-state index in [0.29, 0.717) is 0 Å². The predicted molar refractivity (Wildman–Crippen MR) is 33.4 cm³/mol. The van der Waals surface area contributed by atoms with Gasteiger partial charge in [-0.1, -0.05) is 33.6 Å². The van der Waals surface area contributed by atoms with E-state index in [1.54, 1.807) is 0 Å². The van der Waals surface area contributed by atoms with Crippen LogP contribution in [0, 0.1) is 0 Å². The molecule has 0 saturated heterocycles. The van der Waals surface area contributed by atoms with Crippen molar-refractivity contribution in [3.8, 4) is 0 Å². The van der Waals surface area contributed by atoms with Crippen LogP contribution in [0.15, 0.2) is 11.1 Å². The van der Waals surface area contributed by atoms with Gasteiger partial charge in [-0.25, -0.2) is 0 Å². The molecule has 0 aromatic rings. The Hall–Kier alpha value is 0.510. The Balaban J connectivity index is 3.22. The van der Waals surface area contributed by atoms with Gasteiger partial charge in [0, 0.05) is 10.4 Å². The van der Waals surface area contributed by atoms with Gasteiger partial charge in [-0.2, -0.15) is 0 Å². The van der Waals surface area contributed by atoms with Gasteiger partial charge in [-0.05, 0) is 6.92 Å². The number of allylic oxidation sites excluding steroid dienone is 2. The Morgan fingerprint density at radius 3 is 2.50 bits per heavy atom. The predicted octanol–water partition coefficient (Wildman–Crippen LogP) is 2.52. The summed E-state index contributed by atoms with van der Waals surface area (Å²) in [5.74, 6) is 0. The first-order valence-corrected chi connectivity index (χ1v) is 3.18. The number of rotatable bonds is 1. The summed E-state index contributed by atoms with van der Waals surface area (Å²) in [6.07, 6.45) is 1.86. The second-order valence-corrected chi connectivity index (χ2v) is 1.92. The molecular formula is C4H6BrCl. The standard InChI is InChI=1S/C4H6BrCl/c1-2-4(6)3-5/h2H,3H2,1H3. The molecule has 0 aliphatic heterocycles. The van der Waals surface area contributed by atoms with Gasteiger partial charge in [0.05, 0.1) is 0 Å². The third-order valence-corrected chi connectivity index (χ3v) is 1.72. The molecule has 0 fully saturated rings. The van der Waals surface area contributed by atoms with E-state index >= 15 is 0 Å². The van der Waals surface area contributed by atoms with Crippen LogP contribution in [0.5, 0.6) is 0 Å². The Labute approximate surface area is 51.3 Å². The SMILES string of the molecule is CC=C(Cl)CBr. The fourth-order valence-electron chi connectivity index (χ4n) is 0.0772. The third kappa shape index (κ3) is 2.73. The largest absolute Gasteiger partial charge is 0.0886 e. The minimum atomic E-state index is 0.769. The van der Waals surface area contributed by atoms with Gasteiger partial charge < -0.3 is 0 Å². The van der Waals surface area contributed by atoms with E-state index in [4.69, 9.17) is 11.6 Å². The average molecular weight is 169 g/mol. The van der Waals surface area contributed by atoms with Gasteiger partial charge in [-0.15, -0.1) is 0 Å². The maximum atomic E-state index is 5.46. The van der Waals surface area contributed by atoms with E-state index in [0.717, 1.165) is 10.4 Å². The van der Waals surface area contributed by atoms with E-state index in [-0.39, 0.29) is 0 Å². The quantitative estimate of drug-likeness (QED) is 0.529. The minimum Gasteiger partial charge on any atom is -0.0886 e. The Morgan fingerprint density at radius 1 is 2.00 bits per heavy atom. The fraction of sp³-hybridized carbons (Fsp3) is 0.500. The zero-order valence-electron chi connectivity index (χ0n) is 3.54. The maximum absolute atomic E-state index is 5.46. The van der Waals surface area contributed by atoms with Gasteiger partial charge >= 0.3 is 0 Å². The van der Waals surface area contributed by atoms with Crippen LogP contribution in [0.1, 0.15) is 6.92 Å². The summed E-state index contributed by atoms with van der Waals surface area (Å²) in [5, 5.41) is 1.63. The summed E-state index contributed by atoms with van der Waals surface area (Å²) in [4.78, 5) is 0. The van der Waals surface area contributed by atoms with E-state index in [1.807, 2.05) is 13.0 Å². The first-order chi connectivity index (χ1) is 2.81. The Bertz CT molecular complexity index is 58.6. The van der Waals surface area contributed by atoms with Crippen LogP contribution in [0.25, 0.3) is 0 Å². The van der Waals surface area contributed by atoms with Crippen LogP contribution in [-0.2, 0) is 0 Å². The molecule has 0 rings (SSSR count). The van der Waals surface area contributed by atoms with Crippen molar-refractivity contribution in [3.05, 3.63) is 11.1 Å². The van der Waals surface area contributed by atoms with Crippen molar-refractivity contribution in [1.82, 2.24) is 0 Å². The molecule has 0 bridgehead atoms. The highest BCUT2D eigenvalue weighted by Crippen LogP contribution is 2.02. The average Bonchev–Trinajstić information content (AvgIpc) is 1.65. The number of alkyl halides is 1. The molecular weight excluding hydrogens is 163 g/mol. The Kier molecular flexibility index (Phi) is 4.01. The topological polar surface area (TPSA) is 0 Å². The van der Waals surface area contributed by atoms with Crippen molar-refractivity contribution in [3.63, 3.8) is 0 Å². The molecule has 0 saturated carbocycles. The van der Waals surface area contributed by atoms with Crippen molar-refractivity contribution >= 4 is 27.5 Å². The van der Waals surface area contributed by atoms with E-state index in [9.17, 15) is 0 Å². The monoisotopic (exact) mass is 168 g/mol. The molecule has 0 radical (unpaired) electrons. The highest BCUT2D eigenvalue weighted by Gasteiger charge is 1.78. The van der Waals surface area contributed by atoms with Crippen molar-refractivity contribution in [2.45, 2.75) is 6.92 Å². The molecule has 0 aromatic carbocycles. The number of hydrogen-bond acceptors (Lipinski definition) is 0. The lowest BCUT2D eigenvalue weighted by atomic mass is 10.6. The second-order valence-electron chi connectivity index (χ2n) is 0.869. The lowest BCUT2D eigenvalue weighted by molar-refractivity contribution is 1.62. The molecule has 0 heterocycles. The van der Waals surface area contributed by atoms with Crippen LogP contribution in [-0.4, -0.2) is 5.33 Å². The van der Waals surface area contributed by atoms with Crippen LogP contribution in [0.2, 0.25) is 0 Å². The van der Waals surface area contributed by atoms with E-state index < -0.39 is 0 Å². The molecule has 0 unspecified atom stereocenters. The zero-order chi connectivity index (χ0) is 4.99. The van der Waals surface area contributed by atoms with Gasteiger partial charge in [-0.3, -0.25) is 0 Å². The summed E-state index contributed by atoms with van der Waals surface area (Å²) < 4.78 is 0. The van der Waals surface area contributed by atoms with Gasteiger partial charge in [0.15, 0.2) is 0 Å². The fourth-order valence-corrected chi connectivity index (χ4v) is 0.401. The molecule has 0 aromatic heterocycles. The number of halogens is 2. The van der Waals surface area contributed by atoms with Gasteiger partial charge in [0.2, 0.25) is 0 Å². The lowest BCUT2D eigenvalue weighted by Crippen LogP contribution is -1.64. The van der Waals surface area contributed by atoms with Crippen molar-refractivity contribution < 1.29 is 0 Å². The molecule has 2 heteroatoms. The molecule has 0 aliphatic carbocycles. The smallest absolute Gasteiger partial charge is 0.0387 e. The highest BCUT2D eigenvalue weighted by molar-refractivity contribution is 9.09. The van der Waals surface area contributed by atoms with Crippen LogP contribution < -0.4 is 0 Å². The molecule has 36 valence electrons. The molecule has 0 aliphatic rings. The summed E-state index contributed by atoms with van der Waals surface area (Å²) in [6, 6.07) is 0. The van der Waals surface area contributed by atoms with Crippen LogP contribution >= 0.6 is 27.5 Å². The Morgan fingerprint density at radius 2 is 2.50 bits per heavy atom. The van der Waals surface area contributed by atoms with Crippen molar-refractivity contribution in [2.24, 2.45) is 0 Å². The second kappa shape index (κ2) is 3.69. The summed E-state index contributed by atoms with van der Waals surface area (Å²) in [5.41, 5.74) is 0. The van der Waals surface area contributed by atoms with Gasteiger partial charge in [0.25, 0.3) is 0 Å². The highest BCUT2D eigenvalue weighted by atomic mass is 79.9. The lowest BCUT2D eigenvalue weighted by Gasteiger charge is -1.79. The summed E-state index contributed by atoms with van der Waals surface area (Å²) >= 11 is 8.64. The van der Waals surface area contributed by atoms with Crippen LogP contribution in [0.3, 0.4) is 0 Å². The molecule has 0 N–H and O–H groups in total. The first-order valence-electron chi connectivity index (χ1n) is 1.68. The third-order valence-electron chi connectivity index (χ3n) is 0.441. The normalized spacial score (nSPS) is 12.2. The summed E-state index contributed by atoms with van der Waals surface area (Å²) in [6.45, 7) is 1.91. The number of hydrogen-bond donors (Lipinski definition) is 0. The van der Waals surface area contributed by atoms with Gasteiger partial charge in [0.1, 0.15) is 0 Å². The van der Waals surface area contributed by atoms with Crippen molar-refractivity contribution in [2.75, 3.05) is 5.33 Å². The van der Waals surface area contributed by atoms with Crippen molar-refractivity contribution in [1.29, 1.82) is 0 Å². The molecule has 0 spiro atoms. The molecule has 0 amide bonds. The van der Waals surface area contributed by atoms with Crippen LogP contribution in [0.4, 0.5) is 0 Å². The minimum absolute atomic E-state index is 0.769. The zero-order valence-corrected chi connectivity index (χ0v) is 5.88.